The maximum atomic E-state index is 11.2. The zero-order valence-corrected chi connectivity index (χ0v) is 11.6. The molecule has 0 saturated heterocycles. The minimum atomic E-state index is -0.576. The number of pyridine rings is 1. The summed E-state index contributed by atoms with van der Waals surface area (Å²) in [6.07, 6.45) is 5.87. The molecule has 98 valence electrons. The van der Waals surface area contributed by atoms with Crippen molar-refractivity contribution in [3.63, 3.8) is 0 Å². The molecule has 2 bridgehead atoms. The highest BCUT2D eigenvalue weighted by Crippen LogP contribution is 2.70. The third kappa shape index (κ3) is 1.36. The fourth-order valence-corrected chi connectivity index (χ4v) is 4.49. The normalized spacial score (nSPS) is 41.2. The van der Waals surface area contributed by atoms with Crippen LogP contribution in [-0.4, -0.2) is 15.7 Å². The number of aliphatic hydroxyl groups is 1. The van der Waals surface area contributed by atoms with Crippen LogP contribution >= 0.6 is 0 Å². The van der Waals surface area contributed by atoms with E-state index in [1.807, 2.05) is 24.4 Å². The van der Waals surface area contributed by atoms with Crippen molar-refractivity contribution >= 4 is 0 Å². The molecule has 2 nitrogen and oxygen atoms in total. The first-order valence-electron chi connectivity index (χ1n) is 7.01. The minimum absolute atomic E-state index is 0.0299. The van der Waals surface area contributed by atoms with Crippen LogP contribution < -0.4 is 0 Å². The van der Waals surface area contributed by atoms with Gasteiger partial charge in [-0.15, -0.1) is 0 Å². The molecule has 3 rings (SSSR count). The van der Waals surface area contributed by atoms with E-state index in [0.717, 1.165) is 18.5 Å². The van der Waals surface area contributed by atoms with Gasteiger partial charge < -0.3 is 5.11 Å². The van der Waals surface area contributed by atoms with Gasteiger partial charge in [0.1, 0.15) is 0 Å². The van der Waals surface area contributed by atoms with E-state index >= 15 is 0 Å². The zero-order valence-electron chi connectivity index (χ0n) is 11.6. The van der Waals surface area contributed by atoms with Gasteiger partial charge >= 0.3 is 0 Å². The van der Waals surface area contributed by atoms with Gasteiger partial charge in [0.15, 0.2) is 0 Å². The number of hydrogen-bond donors (Lipinski definition) is 1. The monoisotopic (exact) mass is 245 g/mol. The van der Waals surface area contributed by atoms with E-state index in [0.29, 0.717) is 12.3 Å². The van der Waals surface area contributed by atoms with Crippen molar-refractivity contribution in [2.45, 2.75) is 52.1 Å². The number of nitrogens with zero attached hydrogens (tertiary/aromatic N) is 1. The van der Waals surface area contributed by atoms with Crippen molar-refractivity contribution in [3.8, 4) is 0 Å². The Morgan fingerprint density at radius 2 is 2.11 bits per heavy atom. The van der Waals surface area contributed by atoms with E-state index in [-0.39, 0.29) is 10.8 Å². The molecule has 0 radical (unpaired) electrons. The van der Waals surface area contributed by atoms with Crippen LogP contribution in [-0.2, 0) is 6.42 Å². The van der Waals surface area contributed by atoms with Crippen LogP contribution in [0.15, 0.2) is 24.4 Å². The smallest absolute Gasteiger partial charge is 0.0764 e. The van der Waals surface area contributed by atoms with Crippen LogP contribution in [0.25, 0.3) is 0 Å². The lowest BCUT2D eigenvalue weighted by Crippen LogP contribution is -2.48. The molecule has 2 saturated carbocycles. The molecule has 0 amide bonds. The van der Waals surface area contributed by atoms with Gasteiger partial charge in [-0.25, -0.2) is 0 Å². The number of fused-ring (bicyclic) bond motifs is 2. The summed E-state index contributed by atoms with van der Waals surface area (Å²) in [6, 6.07) is 5.96. The highest BCUT2D eigenvalue weighted by atomic mass is 16.3. The fourth-order valence-electron chi connectivity index (χ4n) is 4.49. The Hall–Kier alpha value is -0.890. The summed E-state index contributed by atoms with van der Waals surface area (Å²) in [5.74, 6) is 0.663. The predicted molar refractivity (Wildman–Crippen MR) is 72.1 cm³/mol. The van der Waals surface area contributed by atoms with Gasteiger partial charge in [0.25, 0.3) is 0 Å². The summed E-state index contributed by atoms with van der Waals surface area (Å²) in [4.78, 5) is 4.39. The summed E-state index contributed by atoms with van der Waals surface area (Å²) in [7, 11) is 0. The Labute approximate surface area is 109 Å². The van der Waals surface area contributed by atoms with Gasteiger partial charge in [-0.2, -0.15) is 0 Å². The zero-order chi connectivity index (χ0) is 13.0. The van der Waals surface area contributed by atoms with E-state index in [4.69, 9.17) is 0 Å². The van der Waals surface area contributed by atoms with Gasteiger partial charge in [-0.1, -0.05) is 26.8 Å². The van der Waals surface area contributed by atoms with Gasteiger partial charge in [0.2, 0.25) is 0 Å². The van der Waals surface area contributed by atoms with E-state index in [2.05, 4.69) is 25.8 Å². The topological polar surface area (TPSA) is 33.1 Å². The van der Waals surface area contributed by atoms with Crippen molar-refractivity contribution in [2.24, 2.45) is 16.7 Å². The Bertz CT molecular complexity index is 455. The van der Waals surface area contributed by atoms with E-state index < -0.39 is 5.60 Å². The highest BCUT2D eigenvalue weighted by Gasteiger charge is 2.68. The molecule has 1 N–H and O–H groups in total. The quantitative estimate of drug-likeness (QED) is 0.868. The second-order valence-electron chi connectivity index (χ2n) is 7.02. The van der Waals surface area contributed by atoms with Crippen LogP contribution in [0.1, 0.15) is 45.7 Å². The van der Waals surface area contributed by atoms with Crippen molar-refractivity contribution in [1.82, 2.24) is 4.98 Å². The lowest BCUT2D eigenvalue weighted by atomic mass is 9.63. The van der Waals surface area contributed by atoms with Crippen LogP contribution in [0.4, 0.5) is 0 Å². The molecule has 3 atom stereocenters. The largest absolute Gasteiger partial charge is 0.389 e. The summed E-state index contributed by atoms with van der Waals surface area (Å²) in [5, 5.41) is 11.2. The SMILES string of the molecule is CC1(C)[C@@H]2CC[C@@]1(C)[C@@](O)(Cc1ccccn1)C2. The molecule has 0 unspecified atom stereocenters. The first kappa shape index (κ1) is 12.2. The lowest BCUT2D eigenvalue weighted by Gasteiger charge is -2.45. The molecule has 1 heterocycles. The molecular formula is C16H23NO. The van der Waals surface area contributed by atoms with E-state index in [1.54, 1.807) is 0 Å². The molecule has 0 aromatic carbocycles. The summed E-state index contributed by atoms with van der Waals surface area (Å²) >= 11 is 0. The number of rotatable bonds is 2. The maximum Gasteiger partial charge on any atom is 0.0764 e. The Morgan fingerprint density at radius 1 is 1.33 bits per heavy atom. The van der Waals surface area contributed by atoms with E-state index in [1.165, 1.54) is 6.42 Å². The third-order valence-electron chi connectivity index (χ3n) is 6.25. The van der Waals surface area contributed by atoms with Crippen molar-refractivity contribution in [2.75, 3.05) is 0 Å². The first-order chi connectivity index (χ1) is 8.39. The van der Waals surface area contributed by atoms with Crippen molar-refractivity contribution in [3.05, 3.63) is 30.1 Å². The van der Waals surface area contributed by atoms with Crippen molar-refractivity contribution in [1.29, 1.82) is 0 Å². The molecule has 0 spiro atoms. The van der Waals surface area contributed by atoms with Crippen LogP contribution in [0.5, 0.6) is 0 Å². The second kappa shape index (κ2) is 3.57. The van der Waals surface area contributed by atoms with E-state index in [9.17, 15) is 5.11 Å². The molecule has 1 aromatic rings. The molecule has 2 heteroatoms. The molecule has 18 heavy (non-hydrogen) atoms. The second-order valence-corrected chi connectivity index (χ2v) is 7.02. The highest BCUT2D eigenvalue weighted by molar-refractivity contribution is 5.21. The van der Waals surface area contributed by atoms with Crippen LogP contribution in [0.2, 0.25) is 0 Å². The minimum Gasteiger partial charge on any atom is -0.389 e. The average molecular weight is 245 g/mol. The Kier molecular flexibility index (Phi) is 2.41. The number of hydrogen-bond acceptors (Lipinski definition) is 2. The van der Waals surface area contributed by atoms with Gasteiger partial charge in [-0.3, -0.25) is 4.98 Å². The molecule has 2 aliphatic carbocycles. The van der Waals surface area contributed by atoms with Gasteiger partial charge in [0.05, 0.1) is 5.60 Å². The van der Waals surface area contributed by atoms with Gasteiger partial charge in [0, 0.05) is 23.7 Å². The van der Waals surface area contributed by atoms with Gasteiger partial charge in [-0.05, 0) is 42.7 Å². The number of aromatic nitrogens is 1. The summed E-state index contributed by atoms with van der Waals surface area (Å²) in [5.41, 5.74) is 0.719. The molecule has 2 fully saturated rings. The summed E-state index contributed by atoms with van der Waals surface area (Å²) in [6.45, 7) is 6.95. The average Bonchev–Trinajstić information content (AvgIpc) is 2.62. The Balaban J connectivity index is 1.93. The third-order valence-corrected chi connectivity index (χ3v) is 6.25. The predicted octanol–water partition coefficient (Wildman–Crippen LogP) is 3.20. The standard InChI is InChI=1S/C16H23NO/c1-14(2)12-7-8-15(14,3)16(18,10-12)11-13-6-4-5-9-17-13/h4-6,9,12,18H,7-8,10-11H2,1-3H3/t12-,15-,16+/m1/s1. The van der Waals surface area contributed by atoms with Crippen LogP contribution in [0, 0.1) is 16.7 Å². The van der Waals surface area contributed by atoms with Crippen LogP contribution in [0.3, 0.4) is 0 Å². The Morgan fingerprint density at radius 3 is 2.61 bits per heavy atom. The molecule has 2 aliphatic rings. The maximum absolute atomic E-state index is 11.2. The molecule has 1 aromatic heterocycles. The van der Waals surface area contributed by atoms with Crippen molar-refractivity contribution < 1.29 is 5.11 Å². The summed E-state index contributed by atoms with van der Waals surface area (Å²) < 4.78 is 0. The first-order valence-corrected chi connectivity index (χ1v) is 7.01. The fraction of sp³-hybridized carbons (Fsp3) is 0.688. The lowest BCUT2D eigenvalue weighted by molar-refractivity contribution is -0.0891. The molecular weight excluding hydrogens is 222 g/mol. The molecule has 0 aliphatic heterocycles.